The molecular weight excluding hydrogens is 327 g/mol. The highest BCUT2D eigenvalue weighted by molar-refractivity contribution is 8.13. The van der Waals surface area contributed by atoms with E-state index in [9.17, 15) is 4.79 Å². The topological polar surface area (TPSA) is 32.7 Å². The maximum atomic E-state index is 12.3. The van der Waals surface area contributed by atoms with Gasteiger partial charge in [0.15, 0.2) is 5.17 Å². The summed E-state index contributed by atoms with van der Waals surface area (Å²) >= 11 is 13.4. The van der Waals surface area contributed by atoms with Gasteiger partial charge < -0.3 is 4.90 Å². The highest BCUT2D eigenvalue weighted by Gasteiger charge is 2.14. The molecule has 1 aromatic carbocycles. The van der Waals surface area contributed by atoms with Crippen molar-refractivity contribution < 1.29 is 4.79 Å². The minimum Gasteiger partial charge on any atom is -0.351 e. The molecule has 21 heavy (non-hydrogen) atoms. The van der Waals surface area contributed by atoms with Crippen LogP contribution in [0.5, 0.6) is 0 Å². The van der Waals surface area contributed by atoms with E-state index in [0.717, 1.165) is 31.1 Å². The molecule has 0 aliphatic carbocycles. The minimum atomic E-state index is -0.335. The lowest BCUT2D eigenvalue weighted by molar-refractivity contribution is 0.100. The summed E-state index contributed by atoms with van der Waals surface area (Å²) in [6.07, 6.45) is 3.94. The van der Waals surface area contributed by atoms with Gasteiger partial charge in [-0.3, -0.25) is 4.79 Å². The number of rotatable bonds is 5. The summed E-state index contributed by atoms with van der Waals surface area (Å²) in [6, 6.07) is 4.81. The molecule has 0 spiro atoms. The van der Waals surface area contributed by atoms with Crippen LogP contribution in [0.2, 0.25) is 10.0 Å². The second-order valence-electron chi connectivity index (χ2n) is 4.51. The van der Waals surface area contributed by atoms with Gasteiger partial charge in [0.1, 0.15) is 0 Å². The van der Waals surface area contributed by atoms with Crippen molar-refractivity contribution in [1.82, 2.24) is 4.90 Å². The zero-order valence-electron chi connectivity index (χ0n) is 12.5. The molecule has 3 nitrogen and oxygen atoms in total. The Balaban J connectivity index is 3.02. The monoisotopic (exact) mass is 346 g/mol. The first-order valence-electron chi connectivity index (χ1n) is 6.90. The van der Waals surface area contributed by atoms with Crippen molar-refractivity contribution in [2.45, 2.75) is 26.7 Å². The Morgan fingerprint density at radius 1 is 1.24 bits per heavy atom. The van der Waals surface area contributed by atoms with E-state index in [1.54, 1.807) is 18.2 Å². The maximum Gasteiger partial charge on any atom is 0.280 e. The number of amidine groups is 1. The summed E-state index contributed by atoms with van der Waals surface area (Å²) in [5.41, 5.74) is 0.376. The van der Waals surface area contributed by atoms with E-state index in [1.807, 2.05) is 6.26 Å². The average Bonchev–Trinajstić information content (AvgIpc) is 2.44. The van der Waals surface area contributed by atoms with E-state index in [-0.39, 0.29) is 5.91 Å². The van der Waals surface area contributed by atoms with Gasteiger partial charge >= 0.3 is 0 Å². The third kappa shape index (κ3) is 5.53. The molecule has 6 heteroatoms. The second kappa shape index (κ2) is 9.34. The Morgan fingerprint density at radius 2 is 1.86 bits per heavy atom. The first-order chi connectivity index (χ1) is 10.0. The molecule has 1 amide bonds. The van der Waals surface area contributed by atoms with Gasteiger partial charge in [-0.2, -0.15) is 4.99 Å². The third-order valence-electron chi connectivity index (χ3n) is 2.80. The Kier molecular flexibility index (Phi) is 8.15. The molecule has 0 bridgehead atoms. The molecule has 116 valence electrons. The first kappa shape index (κ1) is 18.3. The van der Waals surface area contributed by atoms with Crippen LogP contribution >= 0.6 is 35.0 Å². The largest absolute Gasteiger partial charge is 0.351 e. The van der Waals surface area contributed by atoms with Gasteiger partial charge in [0, 0.05) is 18.1 Å². The number of hydrogen-bond donors (Lipinski definition) is 0. The van der Waals surface area contributed by atoms with Crippen LogP contribution in [0.15, 0.2) is 23.2 Å². The molecule has 0 unspecified atom stereocenters. The summed E-state index contributed by atoms with van der Waals surface area (Å²) in [5.74, 6) is -0.335. The smallest absolute Gasteiger partial charge is 0.280 e. The maximum absolute atomic E-state index is 12.3. The van der Waals surface area contributed by atoms with E-state index < -0.39 is 0 Å². The van der Waals surface area contributed by atoms with Gasteiger partial charge in [-0.05, 0) is 37.3 Å². The molecule has 0 radical (unpaired) electrons. The van der Waals surface area contributed by atoms with Crippen molar-refractivity contribution in [1.29, 1.82) is 0 Å². The fourth-order valence-electron chi connectivity index (χ4n) is 1.90. The van der Waals surface area contributed by atoms with Gasteiger partial charge in [-0.25, -0.2) is 0 Å². The van der Waals surface area contributed by atoms with Crippen LogP contribution in [0.25, 0.3) is 0 Å². The lowest BCUT2D eigenvalue weighted by Crippen LogP contribution is -2.31. The van der Waals surface area contributed by atoms with Crippen LogP contribution in [-0.4, -0.2) is 35.3 Å². The Labute approximate surface area is 140 Å². The van der Waals surface area contributed by atoms with Crippen LogP contribution in [0, 0.1) is 0 Å². The van der Waals surface area contributed by atoms with Crippen LogP contribution in [-0.2, 0) is 0 Å². The summed E-state index contributed by atoms with van der Waals surface area (Å²) in [4.78, 5) is 18.7. The number of halogens is 2. The number of amides is 1. The van der Waals surface area contributed by atoms with Gasteiger partial charge in [0.25, 0.3) is 5.91 Å². The van der Waals surface area contributed by atoms with E-state index in [2.05, 4.69) is 23.7 Å². The van der Waals surface area contributed by atoms with E-state index >= 15 is 0 Å². The molecule has 0 atom stereocenters. The Morgan fingerprint density at radius 3 is 2.33 bits per heavy atom. The number of carbonyl (C=O) groups is 1. The number of benzene rings is 1. The number of carbonyl (C=O) groups excluding carboxylic acids is 1. The quantitative estimate of drug-likeness (QED) is 0.557. The zero-order chi connectivity index (χ0) is 15.8. The van der Waals surface area contributed by atoms with Crippen molar-refractivity contribution in [2.24, 2.45) is 4.99 Å². The number of hydrogen-bond acceptors (Lipinski definition) is 2. The number of aliphatic imine (C=N–C) groups is 1. The van der Waals surface area contributed by atoms with Gasteiger partial charge in [-0.1, -0.05) is 48.8 Å². The normalized spacial score (nSPS) is 11.6. The number of nitrogens with zero attached hydrogens (tertiary/aromatic N) is 2. The lowest BCUT2D eigenvalue weighted by Gasteiger charge is -2.23. The van der Waals surface area contributed by atoms with Crippen LogP contribution in [0.1, 0.15) is 37.0 Å². The van der Waals surface area contributed by atoms with Gasteiger partial charge in [0.05, 0.1) is 10.6 Å². The Hall–Kier alpha value is -0.710. The Bertz CT molecular complexity index is 514. The fraction of sp³-hybridized carbons (Fsp3) is 0.467. The second-order valence-corrected chi connectivity index (χ2v) is 6.13. The molecule has 1 aromatic rings. The highest BCUT2D eigenvalue weighted by atomic mass is 35.5. The van der Waals surface area contributed by atoms with E-state index in [0.29, 0.717) is 15.6 Å². The van der Waals surface area contributed by atoms with E-state index in [4.69, 9.17) is 23.2 Å². The predicted octanol–water partition coefficient (Wildman–Crippen LogP) is 4.97. The lowest BCUT2D eigenvalue weighted by atomic mass is 10.2. The van der Waals surface area contributed by atoms with Crippen molar-refractivity contribution in [3.05, 3.63) is 33.8 Å². The molecule has 0 aromatic heterocycles. The molecule has 0 heterocycles. The SMILES string of the molecule is CCCN(CCC)C(=NC(=O)c1ccc(Cl)cc1Cl)SC. The van der Waals surface area contributed by atoms with Crippen LogP contribution < -0.4 is 0 Å². The van der Waals surface area contributed by atoms with Crippen molar-refractivity contribution in [3.63, 3.8) is 0 Å². The fourth-order valence-corrected chi connectivity index (χ4v) is 3.00. The summed E-state index contributed by atoms with van der Waals surface area (Å²) in [7, 11) is 0. The molecule has 0 N–H and O–H groups in total. The molecule has 0 saturated carbocycles. The molecule has 1 rings (SSSR count). The van der Waals surface area contributed by atoms with E-state index in [1.165, 1.54) is 11.8 Å². The summed E-state index contributed by atoms with van der Waals surface area (Å²) < 4.78 is 0. The third-order valence-corrected chi connectivity index (χ3v) is 4.06. The predicted molar refractivity (Wildman–Crippen MR) is 93.9 cm³/mol. The molecule has 0 fully saturated rings. The van der Waals surface area contributed by atoms with Crippen molar-refractivity contribution >= 4 is 46.0 Å². The minimum absolute atomic E-state index is 0.328. The molecule has 0 aliphatic heterocycles. The van der Waals surface area contributed by atoms with Gasteiger partial charge in [-0.15, -0.1) is 0 Å². The molecule has 0 saturated heterocycles. The highest BCUT2D eigenvalue weighted by Crippen LogP contribution is 2.22. The average molecular weight is 347 g/mol. The molecule has 0 aliphatic rings. The van der Waals surface area contributed by atoms with Crippen molar-refractivity contribution in [2.75, 3.05) is 19.3 Å². The van der Waals surface area contributed by atoms with Crippen LogP contribution in [0.3, 0.4) is 0 Å². The summed E-state index contributed by atoms with van der Waals surface area (Å²) in [6.45, 7) is 5.99. The standard InChI is InChI=1S/C15H20Cl2N2OS/c1-4-8-19(9-5-2)15(21-3)18-14(20)12-7-6-11(16)10-13(12)17/h6-7,10H,4-5,8-9H2,1-3H3. The van der Waals surface area contributed by atoms with Gasteiger partial charge in [0.2, 0.25) is 0 Å². The number of thioether (sulfide) groups is 1. The summed E-state index contributed by atoms with van der Waals surface area (Å²) in [5, 5.41) is 1.56. The molecular formula is C15H20Cl2N2OS. The van der Waals surface area contributed by atoms with Crippen LogP contribution in [0.4, 0.5) is 0 Å². The zero-order valence-corrected chi connectivity index (χ0v) is 14.9. The van der Waals surface area contributed by atoms with Crippen molar-refractivity contribution in [3.8, 4) is 0 Å². The first-order valence-corrected chi connectivity index (χ1v) is 8.88.